The molecule has 1 N–H and O–H groups in total. The fourth-order valence-electron chi connectivity index (χ4n) is 1.52. The van der Waals surface area contributed by atoms with Gasteiger partial charge in [0.15, 0.2) is 11.6 Å². The van der Waals surface area contributed by atoms with Crippen molar-refractivity contribution in [1.82, 2.24) is 5.32 Å². The molecule has 0 aliphatic carbocycles. The van der Waals surface area contributed by atoms with Gasteiger partial charge in [-0.25, -0.2) is 17.2 Å². The maximum atomic E-state index is 13.6. The summed E-state index contributed by atoms with van der Waals surface area (Å²) < 4.78 is 49.3. The molecule has 21 heavy (non-hydrogen) atoms. The number of nitrogens with one attached hydrogen (secondary N) is 1. The largest absolute Gasteiger partial charge is 0.352 e. The van der Waals surface area contributed by atoms with E-state index in [1.165, 1.54) is 0 Å². The average molecular weight is 340 g/mol. The van der Waals surface area contributed by atoms with Crippen molar-refractivity contribution in [2.45, 2.75) is 32.1 Å². The van der Waals surface area contributed by atoms with Crippen LogP contribution in [0.4, 0.5) is 8.78 Å². The predicted molar refractivity (Wildman–Crippen MR) is 75.8 cm³/mol. The Kier molecular flexibility index (Phi) is 5.33. The molecule has 0 aromatic heterocycles. The minimum absolute atomic E-state index is 0.0433. The SMILES string of the molecule is CC(C)(C)CCNC(=O)c1cc(S(=O)(=O)Cl)cc(F)c1F. The zero-order chi connectivity index (χ0) is 16.4. The highest BCUT2D eigenvalue weighted by atomic mass is 35.7. The van der Waals surface area contributed by atoms with Gasteiger partial charge in [0.25, 0.3) is 15.0 Å². The van der Waals surface area contributed by atoms with Gasteiger partial charge >= 0.3 is 0 Å². The molecule has 1 amide bonds. The summed E-state index contributed by atoms with van der Waals surface area (Å²) in [5.41, 5.74) is -0.735. The number of benzene rings is 1. The number of amides is 1. The summed E-state index contributed by atoms with van der Waals surface area (Å²) in [6, 6.07) is 1.15. The Morgan fingerprint density at radius 3 is 2.33 bits per heavy atom. The molecule has 0 bridgehead atoms. The average Bonchev–Trinajstić information content (AvgIpc) is 2.29. The second-order valence-corrected chi connectivity index (χ2v) is 8.34. The molecule has 0 radical (unpaired) electrons. The Hall–Kier alpha value is -1.21. The first-order valence-electron chi connectivity index (χ1n) is 6.14. The van der Waals surface area contributed by atoms with Crippen LogP contribution in [0.2, 0.25) is 0 Å². The smallest absolute Gasteiger partial charge is 0.261 e. The lowest BCUT2D eigenvalue weighted by Gasteiger charge is -2.18. The first kappa shape index (κ1) is 17.8. The van der Waals surface area contributed by atoms with Crippen LogP contribution >= 0.6 is 10.7 Å². The van der Waals surface area contributed by atoms with Gasteiger partial charge in [0.1, 0.15) is 0 Å². The van der Waals surface area contributed by atoms with Crippen molar-refractivity contribution in [1.29, 1.82) is 0 Å². The summed E-state index contributed by atoms with van der Waals surface area (Å²) in [5, 5.41) is 2.42. The predicted octanol–water partition coefficient (Wildman–Crippen LogP) is 3.06. The summed E-state index contributed by atoms with van der Waals surface area (Å²) in [5.74, 6) is -3.75. The Labute approximate surface area is 126 Å². The molecule has 0 saturated carbocycles. The van der Waals surface area contributed by atoms with Crippen LogP contribution in [-0.2, 0) is 9.05 Å². The van der Waals surface area contributed by atoms with Crippen molar-refractivity contribution in [3.8, 4) is 0 Å². The van der Waals surface area contributed by atoms with E-state index in [2.05, 4.69) is 5.32 Å². The maximum Gasteiger partial charge on any atom is 0.261 e. The van der Waals surface area contributed by atoms with E-state index in [0.29, 0.717) is 18.6 Å². The minimum Gasteiger partial charge on any atom is -0.352 e. The molecule has 0 atom stereocenters. The van der Waals surface area contributed by atoms with E-state index in [-0.39, 0.29) is 12.0 Å². The number of halogens is 3. The lowest BCUT2D eigenvalue weighted by atomic mass is 9.92. The van der Waals surface area contributed by atoms with Gasteiger partial charge < -0.3 is 5.32 Å². The summed E-state index contributed by atoms with van der Waals surface area (Å²) in [6.07, 6.45) is 0.621. The molecule has 1 aromatic carbocycles. The summed E-state index contributed by atoms with van der Waals surface area (Å²) in [7, 11) is 0.819. The maximum absolute atomic E-state index is 13.6. The number of hydrogen-bond acceptors (Lipinski definition) is 3. The van der Waals surface area contributed by atoms with Gasteiger partial charge in [-0.3, -0.25) is 4.79 Å². The number of rotatable bonds is 4. The Bertz CT molecular complexity index is 654. The van der Waals surface area contributed by atoms with Crippen molar-refractivity contribution < 1.29 is 22.0 Å². The molecule has 0 unspecified atom stereocenters. The Morgan fingerprint density at radius 2 is 1.86 bits per heavy atom. The monoisotopic (exact) mass is 339 g/mol. The summed E-state index contributed by atoms with van der Waals surface area (Å²) >= 11 is 0. The quantitative estimate of drug-likeness (QED) is 0.857. The fourth-order valence-corrected chi connectivity index (χ4v) is 2.29. The third kappa shape index (κ3) is 5.24. The topological polar surface area (TPSA) is 63.2 Å². The number of hydrogen-bond donors (Lipinski definition) is 1. The zero-order valence-corrected chi connectivity index (χ0v) is 13.4. The molecule has 4 nitrogen and oxygen atoms in total. The lowest BCUT2D eigenvalue weighted by Crippen LogP contribution is -2.28. The lowest BCUT2D eigenvalue weighted by molar-refractivity contribution is 0.0944. The van der Waals surface area contributed by atoms with Crippen LogP contribution in [0, 0.1) is 17.0 Å². The van der Waals surface area contributed by atoms with Crippen LogP contribution in [0.15, 0.2) is 17.0 Å². The first-order valence-corrected chi connectivity index (χ1v) is 8.44. The van der Waals surface area contributed by atoms with Crippen molar-refractivity contribution >= 4 is 25.6 Å². The van der Waals surface area contributed by atoms with E-state index in [9.17, 15) is 22.0 Å². The van der Waals surface area contributed by atoms with Crippen LogP contribution < -0.4 is 5.32 Å². The van der Waals surface area contributed by atoms with Crippen molar-refractivity contribution in [3.05, 3.63) is 29.3 Å². The van der Waals surface area contributed by atoms with Crippen molar-refractivity contribution in [2.24, 2.45) is 5.41 Å². The third-order valence-corrected chi connectivity index (χ3v) is 4.02. The zero-order valence-electron chi connectivity index (χ0n) is 11.8. The molecule has 1 rings (SSSR count). The Morgan fingerprint density at radius 1 is 1.29 bits per heavy atom. The third-order valence-electron chi connectivity index (χ3n) is 2.69. The van der Waals surface area contributed by atoms with E-state index < -0.39 is 37.1 Å². The summed E-state index contributed by atoms with van der Waals surface area (Å²) in [4.78, 5) is 11.2. The van der Waals surface area contributed by atoms with E-state index in [1.807, 2.05) is 20.8 Å². The molecule has 0 spiro atoms. The van der Waals surface area contributed by atoms with Crippen molar-refractivity contribution in [3.63, 3.8) is 0 Å². The highest BCUT2D eigenvalue weighted by Crippen LogP contribution is 2.22. The van der Waals surface area contributed by atoms with Crippen LogP contribution in [0.5, 0.6) is 0 Å². The second-order valence-electron chi connectivity index (χ2n) is 5.77. The van der Waals surface area contributed by atoms with E-state index in [0.717, 1.165) is 0 Å². The molecule has 0 saturated heterocycles. The van der Waals surface area contributed by atoms with Crippen LogP contribution in [-0.4, -0.2) is 20.9 Å². The molecule has 118 valence electrons. The number of carbonyl (C=O) groups excluding carboxylic acids is 1. The highest BCUT2D eigenvalue weighted by Gasteiger charge is 2.22. The molecule has 0 fully saturated rings. The molecule has 0 aliphatic heterocycles. The molecule has 0 heterocycles. The van der Waals surface area contributed by atoms with Crippen LogP contribution in [0.1, 0.15) is 37.6 Å². The van der Waals surface area contributed by atoms with Crippen LogP contribution in [0.25, 0.3) is 0 Å². The van der Waals surface area contributed by atoms with Gasteiger partial charge in [-0.15, -0.1) is 0 Å². The Balaban J connectivity index is 3.02. The van der Waals surface area contributed by atoms with Gasteiger partial charge in [0.2, 0.25) is 0 Å². The van der Waals surface area contributed by atoms with Gasteiger partial charge in [-0.05, 0) is 24.0 Å². The molecular formula is C13H16ClF2NO3S. The normalized spacial score (nSPS) is 12.3. The van der Waals surface area contributed by atoms with Gasteiger partial charge in [-0.1, -0.05) is 20.8 Å². The van der Waals surface area contributed by atoms with Crippen molar-refractivity contribution in [2.75, 3.05) is 6.54 Å². The van der Waals surface area contributed by atoms with Gasteiger partial charge in [0, 0.05) is 17.2 Å². The fraction of sp³-hybridized carbons (Fsp3) is 0.462. The molecule has 8 heteroatoms. The highest BCUT2D eigenvalue weighted by molar-refractivity contribution is 8.13. The van der Waals surface area contributed by atoms with Gasteiger partial charge in [-0.2, -0.15) is 0 Å². The summed E-state index contributed by atoms with van der Waals surface area (Å²) in [6.45, 7) is 6.13. The van der Waals surface area contributed by atoms with E-state index >= 15 is 0 Å². The molecule has 0 aliphatic rings. The standard InChI is InChI=1S/C13H16ClF2NO3S/c1-13(2,3)4-5-17-12(18)9-6-8(21(14,19)20)7-10(15)11(9)16/h6-7H,4-5H2,1-3H3,(H,17,18). The molecule has 1 aromatic rings. The van der Waals surface area contributed by atoms with E-state index in [4.69, 9.17) is 10.7 Å². The van der Waals surface area contributed by atoms with E-state index in [1.54, 1.807) is 0 Å². The number of carbonyl (C=O) groups is 1. The second kappa shape index (κ2) is 6.27. The molecular weight excluding hydrogens is 324 g/mol. The minimum atomic E-state index is -4.26. The van der Waals surface area contributed by atoms with Crippen LogP contribution in [0.3, 0.4) is 0 Å². The van der Waals surface area contributed by atoms with Gasteiger partial charge in [0.05, 0.1) is 10.5 Å². The first-order chi connectivity index (χ1) is 9.42.